The molecule has 40 heavy (non-hydrogen) atoms. The third-order valence-electron chi connectivity index (χ3n) is 4.55. The lowest BCUT2D eigenvalue weighted by molar-refractivity contribution is -0.433. The smallest absolute Gasteiger partial charge is 0.397 e. The van der Waals surface area contributed by atoms with Crippen molar-refractivity contribution < 1.29 is 93.0 Å². The van der Waals surface area contributed by atoms with Crippen LogP contribution in [-0.4, -0.2) is 100 Å². The Morgan fingerprint density at radius 3 is 1.07 bits per heavy atom. The summed E-state index contributed by atoms with van der Waals surface area (Å²) in [6, 6.07) is 0. The van der Waals surface area contributed by atoms with Crippen molar-refractivity contribution in [3.63, 3.8) is 0 Å². The van der Waals surface area contributed by atoms with Gasteiger partial charge in [0.15, 0.2) is 6.17 Å². The van der Waals surface area contributed by atoms with E-state index in [0.717, 1.165) is 20.8 Å². The molecule has 0 aliphatic rings. The van der Waals surface area contributed by atoms with E-state index in [4.69, 9.17) is 5.11 Å². The molecule has 0 radical (unpaired) electrons. The lowest BCUT2D eigenvalue weighted by Gasteiger charge is -2.43. The average molecular weight is 656 g/mol. The van der Waals surface area contributed by atoms with Crippen LogP contribution >= 0.6 is 0 Å². The van der Waals surface area contributed by atoms with Crippen molar-refractivity contribution in [1.29, 1.82) is 0 Å². The third-order valence-corrected chi connectivity index (χ3v) is 7.61. The largest absolute Gasteiger partial charge is 0.543 e. The fraction of sp³-hybridized carbons (Fsp3) is 1.00. The summed E-state index contributed by atoms with van der Waals surface area (Å²) in [7, 11) is -5.91. The maximum Gasteiger partial charge on any atom is 0.543 e. The Balaban J connectivity index is 0. The zero-order chi connectivity index (χ0) is 32.8. The van der Waals surface area contributed by atoms with Crippen LogP contribution in [0.25, 0.3) is 0 Å². The van der Waals surface area contributed by atoms with Crippen LogP contribution in [0.15, 0.2) is 0 Å². The van der Waals surface area contributed by atoms with Gasteiger partial charge in [-0.1, -0.05) is 0 Å². The summed E-state index contributed by atoms with van der Waals surface area (Å²) in [6.45, 7) is 1.88. The molecule has 1 N–H and O–H groups in total. The Labute approximate surface area is 217 Å². The van der Waals surface area contributed by atoms with Gasteiger partial charge in [0.1, 0.15) is 0 Å². The second kappa shape index (κ2) is 14.4. The maximum atomic E-state index is 14.7. The predicted molar refractivity (Wildman–Crippen MR) is 104 cm³/mol. The number of halogens is 17. The summed E-state index contributed by atoms with van der Waals surface area (Å²) in [5.41, 5.74) is 0. The normalized spacial score (nSPS) is 16.9. The van der Waals surface area contributed by atoms with Crippen molar-refractivity contribution in [3.8, 4) is 0 Å². The first kappa shape index (κ1) is 41.0. The summed E-state index contributed by atoms with van der Waals surface area (Å²) in [5, 5.41) is 7.57. The first-order valence-corrected chi connectivity index (χ1v) is 12.6. The van der Waals surface area contributed by atoms with Gasteiger partial charge in [-0.3, -0.25) is 0 Å². The second-order valence-electron chi connectivity index (χ2n) is 7.31. The van der Waals surface area contributed by atoms with Crippen LogP contribution in [-0.2, 0) is 13.3 Å². The molecule has 244 valence electrons. The number of hydrogen-bond donors (Lipinski definition) is 1. The van der Waals surface area contributed by atoms with Crippen LogP contribution in [0.4, 0.5) is 74.6 Å². The molecule has 3 atom stereocenters. The van der Waals surface area contributed by atoms with Gasteiger partial charge in [0.25, 0.3) is 6.43 Å². The van der Waals surface area contributed by atoms with Crippen LogP contribution < -0.4 is 0 Å². The molecule has 0 aromatic carbocycles. The lowest BCUT2D eigenvalue weighted by atomic mass is 9.89. The fourth-order valence-corrected chi connectivity index (χ4v) is 5.16. The van der Waals surface area contributed by atoms with Crippen molar-refractivity contribution >= 4 is 8.80 Å². The van der Waals surface area contributed by atoms with Gasteiger partial charge >= 0.3 is 44.3 Å². The number of rotatable bonds is 16. The molecule has 0 rings (SSSR count). The van der Waals surface area contributed by atoms with Crippen LogP contribution in [0.1, 0.15) is 27.7 Å². The summed E-state index contributed by atoms with van der Waals surface area (Å²) in [6.07, 6.45) is -15.7. The van der Waals surface area contributed by atoms with E-state index in [0.29, 0.717) is 0 Å². The lowest BCUT2D eigenvalue weighted by Crippen LogP contribution is -2.75. The minimum atomic E-state index is -8.45. The first-order valence-electron chi connectivity index (χ1n) is 10.8. The van der Waals surface area contributed by atoms with Gasteiger partial charge in [-0.25, -0.2) is 22.0 Å². The molecular weight excluding hydrogens is 631 g/mol. The molecule has 0 heterocycles. The molecule has 0 aliphatic carbocycles. The average Bonchev–Trinajstić information content (AvgIpc) is 2.82. The molecule has 0 spiro atoms. The third kappa shape index (κ3) is 7.08. The number of aliphatic hydroxyl groups excluding tert-OH is 1. The van der Waals surface area contributed by atoms with Gasteiger partial charge in [0.05, 0.1) is 0 Å². The highest BCUT2D eigenvalue weighted by Crippen LogP contribution is 2.62. The van der Waals surface area contributed by atoms with Crippen molar-refractivity contribution in [2.45, 2.75) is 87.8 Å². The van der Waals surface area contributed by atoms with Gasteiger partial charge in [-0.15, -0.1) is 0 Å². The van der Waals surface area contributed by atoms with E-state index in [1.54, 1.807) is 6.92 Å². The van der Waals surface area contributed by atoms with Crippen LogP contribution in [0, 0.1) is 0 Å². The first-order chi connectivity index (χ1) is 17.8. The highest BCUT2D eigenvalue weighted by atomic mass is 28.4. The van der Waals surface area contributed by atoms with E-state index in [9.17, 15) is 74.6 Å². The molecule has 0 saturated heterocycles. The number of hydrogen-bond acceptors (Lipinski definition) is 4. The Kier molecular flexibility index (Phi) is 14.7. The van der Waals surface area contributed by atoms with E-state index in [1.807, 2.05) is 0 Å². The molecule has 0 saturated carbocycles. The van der Waals surface area contributed by atoms with E-state index < -0.39 is 88.7 Å². The van der Waals surface area contributed by atoms with Gasteiger partial charge in [-0.05, 0) is 27.7 Å². The molecule has 22 heteroatoms. The summed E-state index contributed by atoms with van der Waals surface area (Å²) in [5.74, 6) is -52.9. The van der Waals surface area contributed by atoms with Gasteiger partial charge in [-0.2, -0.15) is 52.7 Å². The van der Waals surface area contributed by atoms with Gasteiger partial charge < -0.3 is 18.4 Å². The van der Waals surface area contributed by atoms with Crippen molar-refractivity contribution in [2.75, 3.05) is 26.4 Å². The topological polar surface area (TPSA) is 47.9 Å². The SMILES string of the molecule is CCO.CCO[Si](OCC)(OCC)C(F)C(F)(F)C(F)(F)C(F)(F)C(F)(F)C(F)(F)C(F)(F)C(F)C(F)C(F)F. The van der Waals surface area contributed by atoms with Crippen LogP contribution in [0.2, 0.25) is 0 Å². The zero-order valence-electron chi connectivity index (χ0n) is 20.7. The van der Waals surface area contributed by atoms with Crippen LogP contribution in [0.3, 0.4) is 0 Å². The summed E-state index contributed by atoms with van der Waals surface area (Å²) >= 11 is 0. The van der Waals surface area contributed by atoms with Crippen molar-refractivity contribution in [3.05, 3.63) is 0 Å². The predicted octanol–water partition coefficient (Wildman–Crippen LogP) is 6.66. The Hall–Kier alpha value is -1.13. The van der Waals surface area contributed by atoms with E-state index in [2.05, 4.69) is 13.3 Å². The molecule has 0 amide bonds. The highest BCUT2D eigenvalue weighted by Gasteiger charge is 2.93. The molecule has 4 nitrogen and oxygen atoms in total. The fourth-order valence-electron chi connectivity index (χ4n) is 2.64. The molecule has 0 aromatic rings. The van der Waals surface area contributed by atoms with Gasteiger partial charge in [0, 0.05) is 26.4 Å². The van der Waals surface area contributed by atoms with E-state index in [1.165, 1.54) is 0 Å². The minimum Gasteiger partial charge on any atom is -0.397 e. The molecule has 3 unspecified atom stereocenters. The van der Waals surface area contributed by atoms with Crippen LogP contribution in [0.5, 0.6) is 0 Å². The van der Waals surface area contributed by atoms with E-state index >= 15 is 0 Å². The zero-order valence-corrected chi connectivity index (χ0v) is 21.7. The summed E-state index contributed by atoms with van der Waals surface area (Å²) < 4.78 is 245. The maximum absolute atomic E-state index is 14.7. The number of alkyl halides is 17. The number of aliphatic hydroxyl groups is 1. The Morgan fingerprint density at radius 2 is 0.825 bits per heavy atom. The second-order valence-corrected chi connectivity index (χ2v) is 9.89. The molecule has 0 bridgehead atoms. The Bertz CT molecular complexity index is 739. The quantitative estimate of drug-likeness (QED) is 0.149. The van der Waals surface area contributed by atoms with Crippen molar-refractivity contribution in [2.24, 2.45) is 0 Å². The summed E-state index contributed by atoms with van der Waals surface area (Å²) in [4.78, 5) is 0. The Morgan fingerprint density at radius 1 is 0.550 bits per heavy atom. The highest BCUT2D eigenvalue weighted by molar-refractivity contribution is 6.62. The van der Waals surface area contributed by atoms with Gasteiger partial charge in [0.2, 0.25) is 12.0 Å². The standard InChI is InChI=1S/C16H19F17O3Si.C2H6O/c1-4-34-37(35-5-2,36-6-3)10(21)12(24,25)14(28,29)16(32,33)15(30,31)13(26,27)11(22,23)8(18)7(17)9(19)20;1-2-3/h7-10H,4-6H2,1-3H3;3H,2H2,1H3. The molecule has 0 aliphatic heterocycles. The molecule has 0 aromatic heterocycles. The minimum absolute atomic E-state index is 0.250. The molecular formula is C18H25F17O4Si. The van der Waals surface area contributed by atoms with Crippen molar-refractivity contribution in [1.82, 2.24) is 0 Å². The van der Waals surface area contributed by atoms with E-state index in [-0.39, 0.29) is 6.61 Å². The molecule has 0 fully saturated rings. The monoisotopic (exact) mass is 656 g/mol.